The van der Waals surface area contributed by atoms with Gasteiger partial charge in [-0.15, -0.1) is 0 Å². The highest BCUT2D eigenvalue weighted by molar-refractivity contribution is 5.88. The molecule has 3 aromatic carbocycles. The molecule has 4 heteroatoms. The molecule has 1 amide bonds. The van der Waals surface area contributed by atoms with Crippen LogP contribution in [-0.2, 0) is 11.2 Å². The number of hydrogen-bond acceptors (Lipinski definition) is 3. The zero-order valence-corrected chi connectivity index (χ0v) is 15.9. The molecule has 28 heavy (non-hydrogen) atoms. The number of amides is 1. The topological polar surface area (TPSA) is 47.6 Å². The van der Waals surface area contributed by atoms with E-state index in [0.717, 1.165) is 27.8 Å². The van der Waals surface area contributed by atoms with E-state index < -0.39 is 0 Å². The number of carbonyl (C=O) groups is 1. The van der Waals surface area contributed by atoms with Crippen LogP contribution in [-0.4, -0.2) is 26.2 Å². The predicted molar refractivity (Wildman–Crippen MR) is 112 cm³/mol. The van der Waals surface area contributed by atoms with Crippen LogP contribution in [0.3, 0.4) is 0 Å². The minimum Gasteiger partial charge on any atom is -0.497 e. The van der Waals surface area contributed by atoms with Gasteiger partial charge in [0.15, 0.2) is 0 Å². The second kappa shape index (κ2) is 10.0. The van der Waals surface area contributed by atoms with E-state index in [-0.39, 0.29) is 12.5 Å². The summed E-state index contributed by atoms with van der Waals surface area (Å²) in [5.74, 6) is 7.48. The highest BCUT2D eigenvalue weighted by Crippen LogP contribution is 2.24. The molecule has 0 saturated heterocycles. The van der Waals surface area contributed by atoms with Crippen molar-refractivity contribution >= 4 is 16.7 Å². The fourth-order valence-corrected chi connectivity index (χ4v) is 2.83. The first-order valence-corrected chi connectivity index (χ1v) is 9.22. The highest BCUT2D eigenvalue weighted by atomic mass is 16.5. The van der Waals surface area contributed by atoms with E-state index in [1.165, 1.54) is 0 Å². The monoisotopic (exact) mass is 373 g/mol. The zero-order chi connectivity index (χ0) is 19.6. The van der Waals surface area contributed by atoms with Gasteiger partial charge in [0.2, 0.25) is 5.91 Å². The summed E-state index contributed by atoms with van der Waals surface area (Å²) in [5.41, 5.74) is 1.10. The molecule has 1 N–H and O–H groups in total. The van der Waals surface area contributed by atoms with Crippen molar-refractivity contribution in [3.8, 4) is 23.3 Å². The van der Waals surface area contributed by atoms with Gasteiger partial charge in [0.25, 0.3) is 0 Å². The Morgan fingerprint density at radius 1 is 0.964 bits per heavy atom. The van der Waals surface area contributed by atoms with Crippen LogP contribution in [0.5, 0.6) is 11.5 Å². The molecule has 0 unspecified atom stereocenters. The van der Waals surface area contributed by atoms with E-state index in [4.69, 9.17) is 9.47 Å². The van der Waals surface area contributed by atoms with Crippen LogP contribution in [0.4, 0.5) is 0 Å². The second-order valence-electron chi connectivity index (χ2n) is 6.24. The molecule has 0 atom stereocenters. The lowest BCUT2D eigenvalue weighted by Crippen LogP contribution is -2.23. The maximum absolute atomic E-state index is 11.9. The van der Waals surface area contributed by atoms with Gasteiger partial charge >= 0.3 is 0 Å². The maximum atomic E-state index is 11.9. The molecule has 0 aliphatic heterocycles. The average molecular weight is 373 g/mol. The van der Waals surface area contributed by atoms with Crippen LogP contribution >= 0.6 is 0 Å². The molecule has 0 aromatic heterocycles. The van der Waals surface area contributed by atoms with Gasteiger partial charge in [0, 0.05) is 11.8 Å². The third-order valence-electron chi connectivity index (χ3n) is 4.35. The molecular weight excluding hydrogens is 350 g/mol. The van der Waals surface area contributed by atoms with E-state index in [9.17, 15) is 4.79 Å². The van der Waals surface area contributed by atoms with Crippen LogP contribution in [0.2, 0.25) is 0 Å². The third kappa shape index (κ3) is 5.52. The SMILES string of the molecule is COc1ccc(CCC(=O)NCC#CCOc2cccc3ccccc23)cc1. The van der Waals surface area contributed by atoms with Crippen molar-refractivity contribution in [2.45, 2.75) is 12.8 Å². The summed E-state index contributed by atoms with van der Waals surface area (Å²) >= 11 is 0. The molecule has 3 rings (SSSR count). The summed E-state index contributed by atoms with van der Waals surface area (Å²) in [4.78, 5) is 11.9. The van der Waals surface area contributed by atoms with Crippen LogP contribution in [0.1, 0.15) is 12.0 Å². The number of hydrogen-bond donors (Lipinski definition) is 1. The van der Waals surface area contributed by atoms with Crippen LogP contribution < -0.4 is 14.8 Å². The van der Waals surface area contributed by atoms with Crippen molar-refractivity contribution in [3.05, 3.63) is 72.3 Å². The maximum Gasteiger partial charge on any atom is 0.221 e. The summed E-state index contributed by atoms with van der Waals surface area (Å²) in [6, 6.07) is 21.8. The molecule has 0 bridgehead atoms. The van der Waals surface area contributed by atoms with E-state index in [0.29, 0.717) is 19.4 Å². The fraction of sp³-hybridized carbons (Fsp3) is 0.208. The first kappa shape index (κ1) is 19.3. The lowest BCUT2D eigenvalue weighted by atomic mass is 10.1. The quantitative estimate of drug-likeness (QED) is 0.637. The van der Waals surface area contributed by atoms with E-state index in [1.54, 1.807) is 7.11 Å². The molecule has 3 aromatic rings. The Kier molecular flexibility index (Phi) is 6.92. The van der Waals surface area contributed by atoms with Crippen molar-refractivity contribution in [2.75, 3.05) is 20.3 Å². The normalized spacial score (nSPS) is 10.0. The molecule has 142 valence electrons. The molecule has 0 spiro atoms. The lowest BCUT2D eigenvalue weighted by Gasteiger charge is -2.06. The Morgan fingerprint density at radius 3 is 2.57 bits per heavy atom. The Bertz CT molecular complexity index is 979. The summed E-state index contributed by atoms with van der Waals surface area (Å²) < 4.78 is 10.9. The molecule has 4 nitrogen and oxygen atoms in total. The summed E-state index contributed by atoms with van der Waals surface area (Å²) in [7, 11) is 1.64. The Labute approximate surface area is 165 Å². The van der Waals surface area contributed by atoms with Gasteiger partial charge in [-0.3, -0.25) is 4.79 Å². The molecule has 0 heterocycles. The first-order valence-electron chi connectivity index (χ1n) is 9.22. The number of nitrogens with one attached hydrogen (secondary N) is 1. The fourth-order valence-electron chi connectivity index (χ4n) is 2.83. The standard InChI is InChI=1S/C24H23NO3/c1-27-21-14-11-19(12-15-21)13-16-24(26)25-17-4-5-18-28-23-10-6-8-20-7-2-3-9-22(20)23/h2-3,6-12,14-15H,13,16-18H2,1H3,(H,25,26). The molecule has 0 fully saturated rings. The molecular formula is C24H23NO3. The number of fused-ring (bicyclic) bond motifs is 1. The second-order valence-corrected chi connectivity index (χ2v) is 6.24. The van der Waals surface area contributed by atoms with E-state index >= 15 is 0 Å². The molecule has 0 aliphatic rings. The first-order chi connectivity index (χ1) is 13.8. The van der Waals surface area contributed by atoms with Gasteiger partial charge < -0.3 is 14.8 Å². The Morgan fingerprint density at radius 2 is 1.75 bits per heavy atom. The predicted octanol–water partition coefficient (Wildman–Crippen LogP) is 3.98. The zero-order valence-electron chi connectivity index (χ0n) is 15.9. The van der Waals surface area contributed by atoms with Gasteiger partial charge in [-0.25, -0.2) is 0 Å². The van der Waals surface area contributed by atoms with Crippen molar-refractivity contribution in [1.82, 2.24) is 5.32 Å². The number of aryl methyl sites for hydroxylation is 1. The number of benzene rings is 3. The van der Waals surface area contributed by atoms with Gasteiger partial charge in [-0.05, 0) is 35.6 Å². The summed E-state index contributed by atoms with van der Waals surface area (Å²) in [6.45, 7) is 0.607. The van der Waals surface area contributed by atoms with Crippen molar-refractivity contribution in [2.24, 2.45) is 0 Å². The largest absolute Gasteiger partial charge is 0.497 e. The van der Waals surface area contributed by atoms with E-state index in [1.807, 2.05) is 54.6 Å². The van der Waals surface area contributed by atoms with Gasteiger partial charge in [0.05, 0.1) is 13.7 Å². The van der Waals surface area contributed by atoms with Crippen LogP contribution in [0, 0.1) is 11.8 Å². The van der Waals surface area contributed by atoms with Crippen molar-refractivity contribution < 1.29 is 14.3 Å². The number of methoxy groups -OCH3 is 1. The average Bonchev–Trinajstić information content (AvgIpc) is 2.75. The highest BCUT2D eigenvalue weighted by Gasteiger charge is 2.02. The van der Waals surface area contributed by atoms with Crippen molar-refractivity contribution in [1.29, 1.82) is 0 Å². The molecule has 0 radical (unpaired) electrons. The van der Waals surface area contributed by atoms with Crippen LogP contribution in [0.25, 0.3) is 10.8 Å². The molecule has 0 saturated carbocycles. The van der Waals surface area contributed by atoms with E-state index in [2.05, 4.69) is 29.3 Å². The van der Waals surface area contributed by atoms with Gasteiger partial charge in [0.1, 0.15) is 18.1 Å². The Balaban J connectivity index is 1.38. The van der Waals surface area contributed by atoms with Crippen LogP contribution in [0.15, 0.2) is 66.7 Å². The van der Waals surface area contributed by atoms with Gasteiger partial charge in [-0.2, -0.15) is 0 Å². The number of ether oxygens (including phenoxy) is 2. The molecule has 0 aliphatic carbocycles. The smallest absolute Gasteiger partial charge is 0.221 e. The van der Waals surface area contributed by atoms with Gasteiger partial charge in [-0.1, -0.05) is 60.4 Å². The third-order valence-corrected chi connectivity index (χ3v) is 4.35. The minimum absolute atomic E-state index is 0.0138. The lowest BCUT2D eigenvalue weighted by molar-refractivity contribution is -0.120. The van der Waals surface area contributed by atoms with Crippen molar-refractivity contribution in [3.63, 3.8) is 0 Å². The number of carbonyl (C=O) groups excluding carboxylic acids is 1. The summed E-state index contributed by atoms with van der Waals surface area (Å²) in [6.07, 6.45) is 1.12. The number of rotatable bonds is 7. The minimum atomic E-state index is -0.0138. The summed E-state index contributed by atoms with van der Waals surface area (Å²) in [5, 5.41) is 5.02. The Hall–Kier alpha value is -3.45.